The van der Waals surface area contributed by atoms with E-state index in [9.17, 15) is 4.79 Å². The lowest BCUT2D eigenvalue weighted by atomic mass is 10.1. The fourth-order valence-electron chi connectivity index (χ4n) is 1.11. The summed E-state index contributed by atoms with van der Waals surface area (Å²) >= 11 is 0. The van der Waals surface area contributed by atoms with Crippen molar-refractivity contribution in [1.29, 1.82) is 0 Å². The molecular weight excluding hydrogens is 168 g/mol. The second kappa shape index (κ2) is 4.45. The third kappa shape index (κ3) is 2.74. The molecule has 2 N–H and O–H groups in total. The molecule has 0 unspecified atom stereocenters. The third-order valence-electron chi connectivity index (χ3n) is 1.78. The number of nitrogens with zero attached hydrogens (tertiary/aromatic N) is 1. The number of carbonyl (C=O) groups is 1. The minimum absolute atomic E-state index is 0.139. The van der Waals surface area contributed by atoms with Crippen molar-refractivity contribution in [3.63, 3.8) is 0 Å². The summed E-state index contributed by atoms with van der Waals surface area (Å²) in [6.07, 6.45) is 4.02. The Bertz CT molecular complexity index is 299. The molecule has 0 aliphatic carbocycles. The van der Waals surface area contributed by atoms with Crippen LogP contribution in [0.2, 0.25) is 0 Å². The molecule has 4 nitrogen and oxygen atoms in total. The Morgan fingerprint density at radius 3 is 3.08 bits per heavy atom. The first-order chi connectivity index (χ1) is 6.24. The van der Waals surface area contributed by atoms with E-state index in [1.165, 1.54) is 0 Å². The van der Waals surface area contributed by atoms with Crippen LogP contribution in [0.5, 0.6) is 0 Å². The predicted octanol–water partition coefficient (Wildman–Crippen LogP) is 1.14. The molecule has 1 rings (SSSR count). The van der Waals surface area contributed by atoms with Gasteiger partial charge in [-0.25, -0.2) is 0 Å². The first-order valence-corrected chi connectivity index (χ1v) is 4.06. The highest BCUT2D eigenvalue weighted by Gasteiger charge is 2.03. The van der Waals surface area contributed by atoms with Crippen LogP contribution in [-0.4, -0.2) is 23.1 Å². The van der Waals surface area contributed by atoms with Gasteiger partial charge < -0.3 is 10.4 Å². The van der Waals surface area contributed by atoms with Crippen molar-refractivity contribution in [1.82, 2.24) is 4.98 Å². The van der Waals surface area contributed by atoms with E-state index in [0.717, 1.165) is 11.3 Å². The number of rotatable bonds is 4. The first-order valence-electron chi connectivity index (χ1n) is 4.06. The number of nitrogens with one attached hydrogen (secondary N) is 1. The second-order valence-electron chi connectivity index (χ2n) is 2.68. The largest absolute Gasteiger partial charge is 0.481 e. The maximum atomic E-state index is 10.3. The van der Waals surface area contributed by atoms with Gasteiger partial charge in [-0.2, -0.15) is 0 Å². The highest BCUT2D eigenvalue weighted by Crippen LogP contribution is 2.14. The summed E-state index contributed by atoms with van der Waals surface area (Å²) in [6.45, 7) is 0. The molecular formula is C9H12N2O2. The average molecular weight is 180 g/mol. The van der Waals surface area contributed by atoms with Gasteiger partial charge in [-0.3, -0.25) is 9.78 Å². The average Bonchev–Trinajstić information content (AvgIpc) is 2.15. The molecule has 0 spiro atoms. The number of hydrogen-bond donors (Lipinski definition) is 2. The highest BCUT2D eigenvalue weighted by molar-refractivity contribution is 5.67. The van der Waals surface area contributed by atoms with Gasteiger partial charge in [-0.15, -0.1) is 0 Å². The SMILES string of the molecule is CNc1ccncc1CCC(=O)O. The van der Waals surface area contributed by atoms with E-state index in [1.54, 1.807) is 19.4 Å². The van der Waals surface area contributed by atoms with Crippen LogP contribution in [0.4, 0.5) is 5.69 Å². The minimum atomic E-state index is -0.786. The quantitative estimate of drug-likeness (QED) is 0.729. The van der Waals surface area contributed by atoms with Gasteiger partial charge in [0.25, 0.3) is 0 Å². The molecule has 0 radical (unpaired) electrons. The van der Waals surface area contributed by atoms with Crippen LogP contribution in [0.15, 0.2) is 18.5 Å². The molecule has 0 saturated carbocycles. The van der Waals surface area contributed by atoms with E-state index in [0.29, 0.717) is 6.42 Å². The third-order valence-corrected chi connectivity index (χ3v) is 1.78. The molecule has 0 fully saturated rings. The number of aromatic nitrogens is 1. The van der Waals surface area contributed by atoms with Crippen LogP contribution in [0.3, 0.4) is 0 Å². The zero-order valence-corrected chi connectivity index (χ0v) is 7.45. The molecule has 0 bridgehead atoms. The molecule has 1 aromatic heterocycles. The zero-order valence-electron chi connectivity index (χ0n) is 7.45. The maximum absolute atomic E-state index is 10.3. The lowest BCUT2D eigenvalue weighted by Gasteiger charge is -2.05. The van der Waals surface area contributed by atoms with Crippen LogP contribution in [-0.2, 0) is 11.2 Å². The fourth-order valence-corrected chi connectivity index (χ4v) is 1.11. The Hall–Kier alpha value is -1.58. The van der Waals surface area contributed by atoms with E-state index in [1.807, 2.05) is 6.07 Å². The topological polar surface area (TPSA) is 62.2 Å². The van der Waals surface area contributed by atoms with Crippen molar-refractivity contribution in [3.8, 4) is 0 Å². The molecule has 1 heterocycles. The van der Waals surface area contributed by atoms with Crippen molar-refractivity contribution in [2.24, 2.45) is 0 Å². The number of anilines is 1. The van der Waals surface area contributed by atoms with E-state index in [4.69, 9.17) is 5.11 Å². The Labute approximate surface area is 76.6 Å². The predicted molar refractivity (Wildman–Crippen MR) is 49.7 cm³/mol. The Kier molecular flexibility index (Phi) is 3.25. The first kappa shape index (κ1) is 9.51. The molecule has 0 aromatic carbocycles. The molecule has 0 aliphatic heterocycles. The number of aryl methyl sites for hydroxylation is 1. The van der Waals surface area contributed by atoms with Crippen molar-refractivity contribution in [2.75, 3.05) is 12.4 Å². The summed E-state index contributed by atoms with van der Waals surface area (Å²) in [6, 6.07) is 1.83. The minimum Gasteiger partial charge on any atom is -0.481 e. The lowest BCUT2D eigenvalue weighted by Crippen LogP contribution is -2.01. The van der Waals surface area contributed by atoms with Crippen LogP contribution in [0, 0.1) is 0 Å². The monoisotopic (exact) mass is 180 g/mol. The van der Waals surface area contributed by atoms with Gasteiger partial charge in [-0.1, -0.05) is 0 Å². The normalized spacial score (nSPS) is 9.62. The number of hydrogen-bond acceptors (Lipinski definition) is 3. The summed E-state index contributed by atoms with van der Waals surface area (Å²) in [7, 11) is 1.81. The molecule has 1 aromatic rings. The molecule has 13 heavy (non-hydrogen) atoms. The van der Waals surface area contributed by atoms with Crippen LogP contribution in [0.1, 0.15) is 12.0 Å². The van der Waals surface area contributed by atoms with Gasteiger partial charge in [0.2, 0.25) is 0 Å². The Morgan fingerprint density at radius 1 is 1.69 bits per heavy atom. The van der Waals surface area contributed by atoms with Gasteiger partial charge in [-0.05, 0) is 18.1 Å². The van der Waals surface area contributed by atoms with Gasteiger partial charge in [0, 0.05) is 31.5 Å². The molecule has 70 valence electrons. The van der Waals surface area contributed by atoms with Gasteiger partial charge in [0.05, 0.1) is 0 Å². The molecule has 0 amide bonds. The molecule has 0 atom stereocenters. The molecule has 4 heteroatoms. The van der Waals surface area contributed by atoms with Crippen LogP contribution in [0.25, 0.3) is 0 Å². The Balaban J connectivity index is 2.69. The summed E-state index contributed by atoms with van der Waals surface area (Å²) in [4.78, 5) is 14.3. The molecule has 0 saturated heterocycles. The number of aliphatic carboxylic acids is 1. The van der Waals surface area contributed by atoms with Gasteiger partial charge in [0.1, 0.15) is 0 Å². The summed E-state index contributed by atoms with van der Waals surface area (Å²) in [5.74, 6) is -0.786. The Morgan fingerprint density at radius 2 is 2.46 bits per heavy atom. The van der Waals surface area contributed by atoms with E-state index in [-0.39, 0.29) is 6.42 Å². The van der Waals surface area contributed by atoms with Crippen LogP contribution >= 0.6 is 0 Å². The molecule has 0 aliphatic rings. The smallest absolute Gasteiger partial charge is 0.303 e. The van der Waals surface area contributed by atoms with Crippen molar-refractivity contribution in [3.05, 3.63) is 24.0 Å². The zero-order chi connectivity index (χ0) is 9.68. The fraction of sp³-hybridized carbons (Fsp3) is 0.333. The summed E-state index contributed by atoms with van der Waals surface area (Å²) in [5, 5.41) is 11.5. The summed E-state index contributed by atoms with van der Waals surface area (Å²) in [5.41, 5.74) is 1.88. The number of carboxylic acids is 1. The lowest BCUT2D eigenvalue weighted by molar-refractivity contribution is -0.136. The highest BCUT2D eigenvalue weighted by atomic mass is 16.4. The summed E-state index contributed by atoms with van der Waals surface area (Å²) < 4.78 is 0. The number of pyridine rings is 1. The van der Waals surface area contributed by atoms with E-state index in [2.05, 4.69) is 10.3 Å². The van der Waals surface area contributed by atoms with E-state index < -0.39 is 5.97 Å². The van der Waals surface area contributed by atoms with Gasteiger partial charge >= 0.3 is 5.97 Å². The van der Waals surface area contributed by atoms with E-state index >= 15 is 0 Å². The van der Waals surface area contributed by atoms with Gasteiger partial charge in [0.15, 0.2) is 0 Å². The standard InChI is InChI=1S/C9H12N2O2/c1-10-8-4-5-11-6-7(8)2-3-9(12)13/h4-6H,2-3H2,1H3,(H,10,11)(H,12,13). The maximum Gasteiger partial charge on any atom is 0.303 e. The van der Waals surface area contributed by atoms with Crippen molar-refractivity contribution in [2.45, 2.75) is 12.8 Å². The van der Waals surface area contributed by atoms with Crippen molar-refractivity contribution >= 4 is 11.7 Å². The van der Waals surface area contributed by atoms with Crippen LogP contribution < -0.4 is 5.32 Å². The second-order valence-corrected chi connectivity index (χ2v) is 2.68. The van der Waals surface area contributed by atoms with Crippen molar-refractivity contribution < 1.29 is 9.90 Å². The number of carboxylic acid groups (broad SMARTS) is 1.